The monoisotopic (exact) mass is 437 g/mol. The van der Waals surface area contributed by atoms with Gasteiger partial charge in [-0.15, -0.1) is 0 Å². The van der Waals surface area contributed by atoms with Crippen LogP contribution in [0.1, 0.15) is 35.2 Å². The second-order valence-electron chi connectivity index (χ2n) is 8.13. The summed E-state index contributed by atoms with van der Waals surface area (Å²) in [5.41, 5.74) is 3.83. The molecule has 1 aromatic heterocycles. The number of amides is 1. The number of hydrogen-bond donors (Lipinski definition) is 1. The minimum Gasteiger partial charge on any atom is -0.411 e. The number of aryl methyl sites for hydroxylation is 3. The van der Waals surface area contributed by atoms with Gasteiger partial charge in [0.25, 0.3) is 0 Å². The van der Waals surface area contributed by atoms with Gasteiger partial charge in [0.15, 0.2) is 0 Å². The molecule has 0 spiro atoms. The summed E-state index contributed by atoms with van der Waals surface area (Å²) in [6.45, 7) is 3.89. The molecule has 1 aromatic carbocycles. The third-order valence-electron chi connectivity index (χ3n) is 5.65. The van der Waals surface area contributed by atoms with Gasteiger partial charge in [-0.2, -0.15) is 0 Å². The van der Waals surface area contributed by atoms with E-state index in [-0.39, 0.29) is 5.91 Å². The van der Waals surface area contributed by atoms with E-state index in [1.165, 1.54) is 10.5 Å². The zero-order valence-corrected chi connectivity index (χ0v) is 19.1. The van der Waals surface area contributed by atoms with Crippen molar-refractivity contribution in [3.8, 4) is 0 Å². The van der Waals surface area contributed by atoms with Crippen LogP contribution in [-0.4, -0.2) is 40.8 Å². The SMILES string of the molecule is Cc1cc(CCCC2=CC=C[C@](C(=O)N(C)C)(c3ccc(Cl)cc3C)/C2=N/O)ccn1. The first-order valence-electron chi connectivity index (χ1n) is 10.3. The Balaban J connectivity index is 1.96. The second-order valence-corrected chi connectivity index (χ2v) is 8.56. The lowest BCUT2D eigenvalue weighted by Crippen LogP contribution is -2.50. The molecule has 0 bridgehead atoms. The molecule has 1 N–H and O–H groups in total. The fourth-order valence-electron chi connectivity index (χ4n) is 4.23. The summed E-state index contributed by atoms with van der Waals surface area (Å²) in [6.07, 6.45) is 9.86. The van der Waals surface area contributed by atoms with E-state index < -0.39 is 5.41 Å². The van der Waals surface area contributed by atoms with Crippen LogP contribution in [0.3, 0.4) is 0 Å². The van der Waals surface area contributed by atoms with Gasteiger partial charge in [0.1, 0.15) is 11.1 Å². The molecule has 5 nitrogen and oxygen atoms in total. The molecule has 162 valence electrons. The number of likely N-dealkylation sites (N-methyl/N-ethyl adjacent to an activating group) is 1. The van der Waals surface area contributed by atoms with Gasteiger partial charge in [0, 0.05) is 31.0 Å². The van der Waals surface area contributed by atoms with Gasteiger partial charge < -0.3 is 10.1 Å². The summed E-state index contributed by atoms with van der Waals surface area (Å²) in [6, 6.07) is 9.53. The van der Waals surface area contributed by atoms with Gasteiger partial charge in [-0.05, 0) is 79.6 Å². The van der Waals surface area contributed by atoms with Crippen molar-refractivity contribution in [2.45, 2.75) is 38.5 Å². The predicted octanol–water partition coefficient (Wildman–Crippen LogP) is 5.03. The van der Waals surface area contributed by atoms with Crippen LogP contribution < -0.4 is 0 Å². The number of aromatic nitrogens is 1. The van der Waals surface area contributed by atoms with Crippen LogP contribution in [0.4, 0.5) is 0 Å². The maximum Gasteiger partial charge on any atom is 0.242 e. The van der Waals surface area contributed by atoms with E-state index in [2.05, 4.69) is 16.2 Å². The van der Waals surface area contributed by atoms with E-state index in [0.717, 1.165) is 35.2 Å². The zero-order chi connectivity index (χ0) is 22.6. The molecule has 0 unspecified atom stereocenters. The van der Waals surface area contributed by atoms with E-state index in [1.54, 1.807) is 20.2 Å². The first-order chi connectivity index (χ1) is 14.8. The maximum absolute atomic E-state index is 13.5. The number of halogens is 1. The van der Waals surface area contributed by atoms with Crippen LogP contribution in [-0.2, 0) is 16.6 Å². The first kappa shape index (κ1) is 22.8. The molecule has 0 saturated carbocycles. The molecule has 0 aliphatic heterocycles. The van der Waals surface area contributed by atoms with Crippen molar-refractivity contribution >= 4 is 23.2 Å². The highest BCUT2D eigenvalue weighted by molar-refractivity contribution is 6.30. The molecular weight excluding hydrogens is 410 g/mol. The van der Waals surface area contributed by atoms with Gasteiger partial charge in [-0.25, -0.2) is 0 Å². The number of carbonyl (C=O) groups excluding carboxylic acids is 1. The lowest BCUT2D eigenvalue weighted by molar-refractivity contribution is -0.131. The normalized spacial score (nSPS) is 19.4. The molecule has 1 aliphatic carbocycles. The van der Waals surface area contributed by atoms with Gasteiger partial charge in [-0.1, -0.05) is 41.1 Å². The average molecular weight is 438 g/mol. The number of rotatable bonds is 6. The van der Waals surface area contributed by atoms with E-state index in [0.29, 0.717) is 17.2 Å². The molecule has 1 atom stereocenters. The molecular formula is C25H28ClN3O2. The molecule has 6 heteroatoms. The summed E-state index contributed by atoms with van der Waals surface area (Å²) < 4.78 is 0. The fraction of sp³-hybridized carbons (Fsp3) is 0.320. The van der Waals surface area contributed by atoms with Crippen LogP contribution in [0.15, 0.2) is 65.5 Å². The molecule has 1 aliphatic rings. The van der Waals surface area contributed by atoms with E-state index in [1.807, 2.05) is 56.5 Å². The Morgan fingerprint density at radius 2 is 1.97 bits per heavy atom. The maximum atomic E-state index is 13.5. The summed E-state index contributed by atoms with van der Waals surface area (Å²) >= 11 is 6.17. The number of benzene rings is 1. The highest BCUT2D eigenvalue weighted by Crippen LogP contribution is 2.39. The number of hydrogen-bond acceptors (Lipinski definition) is 4. The molecule has 31 heavy (non-hydrogen) atoms. The van der Waals surface area contributed by atoms with Crippen LogP contribution >= 0.6 is 11.6 Å². The minimum atomic E-state index is -1.20. The van der Waals surface area contributed by atoms with E-state index in [9.17, 15) is 10.0 Å². The molecule has 0 saturated heterocycles. The molecule has 0 fully saturated rings. The molecule has 1 amide bonds. The van der Waals surface area contributed by atoms with Crippen LogP contribution in [0.2, 0.25) is 5.02 Å². The van der Waals surface area contributed by atoms with Crippen molar-refractivity contribution in [3.63, 3.8) is 0 Å². The Morgan fingerprint density at radius 3 is 2.61 bits per heavy atom. The smallest absolute Gasteiger partial charge is 0.242 e. The zero-order valence-electron chi connectivity index (χ0n) is 18.4. The number of allylic oxidation sites excluding steroid dienone is 3. The number of carbonyl (C=O) groups is 1. The standard InChI is InChI=1S/C25H28ClN3O2/c1-17-15-21(26)10-11-22(17)25(24(30)29(3)4)13-6-9-20(23(25)28-31)8-5-7-19-12-14-27-18(2)16-19/h6,9-16,31H,5,7-8H2,1-4H3/b28-23+/t25-/m0/s1. The average Bonchev–Trinajstić information content (AvgIpc) is 2.73. The fourth-order valence-corrected chi connectivity index (χ4v) is 4.46. The summed E-state index contributed by atoms with van der Waals surface area (Å²) in [7, 11) is 3.42. The highest BCUT2D eigenvalue weighted by atomic mass is 35.5. The second kappa shape index (κ2) is 9.48. The van der Waals surface area contributed by atoms with Crippen molar-refractivity contribution < 1.29 is 10.0 Å². The van der Waals surface area contributed by atoms with E-state index in [4.69, 9.17) is 11.6 Å². The van der Waals surface area contributed by atoms with Crippen molar-refractivity contribution in [1.29, 1.82) is 0 Å². The Morgan fingerprint density at radius 1 is 1.19 bits per heavy atom. The van der Waals surface area contributed by atoms with Gasteiger partial charge in [0.2, 0.25) is 5.91 Å². The van der Waals surface area contributed by atoms with Crippen molar-refractivity contribution in [2.75, 3.05) is 14.1 Å². The minimum absolute atomic E-state index is 0.169. The number of nitrogens with zero attached hydrogens (tertiary/aromatic N) is 3. The molecule has 2 aromatic rings. The Hall–Kier alpha value is -2.92. The van der Waals surface area contributed by atoms with Crippen LogP contribution in [0.25, 0.3) is 0 Å². The third kappa shape index (κ3) is 4.57. The summed E-state index contributed by atoms with van der Waals surface area (Å²) in [5, 5.41) is 14.4. The van der Waals surface area contributed by atoms with Crippen LogP contribution in [0.5, 0.6) is 0 Å². The topological polar surface area (TPSA) is 65.8 Å². The van der Waals surface area contributed by atoms with E-state index >= 15 is 0 Å². The molecule has 0 radical (unpaired) electrons. The van der Waals surface area contributed by atoms with Crippen LogP contribution in [0, 0.1) is 13.8 Å². The van der Waals surface area contributed by atoms with Crippen molar-refractivity contribution in [3.05, 3.63) is 87.7 Å². The van der Waals surface area contributed by atoms with Gasteiger partial charge in [0.05, 0.1) is 0 Å². The number of oxime groups is 1. The summed E-state index contributed by atoms with van der Waals surface area (Å²) in [4.78, 5) is 19.3. The predicted molar refractivity (Wildman–Crippen MR) is 125 cm³/mol. The third-order valence-corrected chi connectivity index (χ3v) is 5.89. The Bertz CT molecular complexity index is 1070. The lowest BCUT2D eigenvalue weighted by Gasteiger charge is -2.36. The molecule has 1 heterocycles. The Kier molecular flexibility index (Phi) is 6.96. The van der Waals surface area contributed by atoms with Crippen molar-refractivity contribution in [1.82, 2.24) is 9.88 Å². The quantitative estimate of drug-likeness (QED) is 0.509. The highest BCUT2D eigenvalue weighted by Gasteiger charge is 2.47. The largest absolute Gasteiger partial charge is 0.411 e. The van der Waals surface area contributed by atoms with Crippen molar-refractivity contribution in [2.24, 2.45) is 5.16 Å². The van der Waals surface area contributed by atoms with Gasteiger partial charge in [-0.3, -0.25) is 9.78 Å². The van der Waals surface area contributed by atoms with Gasteiger partial charge >= 0.3 is 0 Å². The summed E-state index contributed by atoms with van der Waals surface area (Å²) in [5.74, 6) is -0.169. The lowest BCUT2D eigenvalue weighted by atomic mass is 9.68. The first-order valence-corrected chi connectivity index (χ1v) is 10.7. The molecule has 3 rings (SSSR count). The number of pyridine rings is 1. The Labute approximate surface area is 188 Å².